The van der Waals surface area contributed by atoms with E-state index in [0.717, 1.165) is 0 Å². The maximum Gasteiger partial charge on any atom is 0.329 e. The van der Waals surface area contributed by atoms with Gasteiger partial charge in [-0.25, -0.2) is 5.43 Å². The molecule has 0 unspecified atom stereocenters. The van der Waals surface area contributed by atoms with Gasteiger partial charge >= 0.3 is 11.8 Å². The van der Waals surface area contributed by atoms with E-state index in [9.17, 15) is 19.7 Å². The first-order valence-electron chi connectivity index (χ1n) is 7.02. The highest BCUT2D eigenvalue weighted by molar-refractivity contribution is 6.39. The van der Waals surface area contributed by atoms with Crippen molar-refractivity contribution in [3.8, 4) is 5.75 Å². The van der Waals surface area contributed by atoms with Crippen LogP contribution in [-0.4, -0.2) is 30.1 Å². The Balaban J connectivity index is 1.87. The number of nitrogens with zero attached hydrogens (tertiary/aromatic N) is 2. The van der Waals surface area contributed by atoms with Crippen molar-refractivity contribution in [2.45, 2.75) is 0 Å². The molecule has 2 rings (SSSR count). The van der Waals surface area contributed by atoms with Crippen LogP contribution in [0.4, 0.5) is 11.4 Å². The second-order valence-corrected chi connectivity index (χ2v) is 4.73. The van der Waals surface area contributed by atoms with E-state index in [4.69, 9.17) is 4.74 Å². The second-order valence-electron chi connectivity index (χ2n) is 4.73. The minimum absolute atomic E-state index is 0.0555. The molecule has 0 saturated carbocycles. The average molecular weight is 342 g/mol. The molecule has 0 spiro atoms. The molecule has 2 N–H and O–H groups in total. The number of amides is 2. The number of hydrazone groups is 1. The molecule has 0 aliphatic carbocycles. The smallest absolute Gasteiger partial charge is 0.329 e. The van der Waals surface area contributed by atoms with Gasteiger partial charge in [-0.3, -0.25) is 19.7 Å². The van der Waals surface area contributed by atoms with E-state index in [1.807, 2.05) is 0 Å². The Bertz CT molecular complexity index is 800. The number of anilines is 1. The zero-order valence-electron chi connectivity index (χ0n) is 13.1. The van der Waals surface area contributed by atoms with Crippen LogP contribution in [0.2, 0.25) is 0 Å². The third kappa shape index (κ3) is 5.13. The monoisotopic (exact) mass is 342 g/mol. The minimum Gasteiger partial charge on any atom is -0.497 e. The summed E-state index contributed by atoms with van der Waals surface area (Å²) in [6, 6.07) is 12.0. The lowest BCUT2D eigenvalue weighted by Crippen LogP contribution is -2.32. The molecular formula is C16H14N4O5. The molecule has 2 aromatic carbocycles. The lowest BCUT2D eigenvalue weighted by Gasteiger charge is -2.05. The molecule has 9 nitrogen and oxygen atoms in total. The number of nitro benzene ring substituents is 1. The van der Waals surface area contributed by atoms with Crippen LogP contribution < -0.4 is 15.5 Å². The van der Waals surface area contributed by atoms with Crippen LogP contribution in [0.1, 0.15) is 5.56 Å². The summed E-state index contributed by atoms with van der Waals surface area (Å²) >= 11 is 0. The number of nitro groups is 1. The topological polar surface area (TPSA) is 123 Å². The number of non-ortho nitro benzene ring substituents is 1. The van der Waals surface area contributed by atoms with Gasteiger partial charge in [0.1, 0.15) is 5.75 Å². The number of rotatable bonds is 5. The lowest BCUT2D eigenvalue weighted by atomic mass is 10.2. The van der Waals surface area contributed by atoms with E-state index in [1.165, 1.54) is 37.6 Å². The third-order valence-corrected chi connectivity index (χ3v) is 3.04. The molecule has 0 heterocycles. The van der Waals surface area contributed by atoms with Gasteiger partial charge in [0, 0.05) is 17.8 Å². The maximum atomic E-state index is 11.7. The molecule has 128 valence electrons. The van der Waals surface area contributed by atoms with Gasteiger partial charge in [0.25, 0.3) is 5.69 Å². The molecule has 0 saturated heterocycles. The highest BCUT2D eigenvalue weighted by atomic mass is 16.6. The molecule has 2 amide bonds. The van der Waals surface area contributed by atoms with Gasteiger partial charge < -0.3 is 10.1 Å². The van der Waals surface area contributed by atoms with Crippen molar-refractivity contribution in [2.75, 3.05) is 12.4 Å². The molecule has 0 aliphatic heterocycles. The summed E-state index contributed by atoms with van der Waals surface area (Å²) < 4.78 is 4.99. The van der Waals surface area contributed by atoms with E-state index in [1.54, 1.807) is 24.3 Å². The normalized spacial score (nSPS) is 10.3. The Labute approximate surface area is 142 Å². The van der Waals surface area contributed by atoms with Gasteiger partial charge in [0.2, 0.25) is 0 Å². The van der Waals surface area contributed by atoms with Crippen molar-refractivity contribution >= 4 is 29.4 Å². The van der Waals surface area contributed by atoms with Crippen LogP contribution in [0.25, 0.3) is 0 Å². The Kier molecular flexibility index (Phi) is 5.77. The summed E-state index contributed by atoms with van der Waals surface area (Å²) in [5, 5.41) is 16.6. The predicted octanol–water partition coefficient (Wildman–Crippen LogP) is 1.69. The Morgan fingerprint density at radius 1 is 1.08 bits per heavy atom. The van der Waals surface area contributed by atoms with Crippen LogP contribution >= 0.6 is 0 Å². The molecular weight excluding hydrogens is 328 g/mol. The number of hydrogen-bond acceptors (Lipinski definition) is 6. The Hall–Kier alpha value is -3.75. The molecule has 0 aliphatic rings. The van der Waals surface area contributed by atoms with Crippen LogP contribution in [-0.2, 0) is 9.59 Å². The first kappa shape index (κ1) is 17.6. The summed E-state index contributed by atoms with van der Waals surface area (Å²) in [5.74, 6) is -1.21. The van der Waals surface area contributed by atoms with E-state index in [2.05, 4.69) is 15.8 Å². The van der Waals surface area contributed by atoms with Crippen molar-refractivity contribution in [3.63, 3.8) is 0 Å². The van der Waals surface area contributed by atoms with Gasteiger partial charge in [0.15, 0.2) is 0 Å². The van der Waals surface area contributed by atoms with E-state index < -0.39 is 16.7 Å². The highest BCUT2D eigenvalue weighted by Crippen LogP contribution is 2.14. The summed E-state index contributed by atoms with van der Waals surface area (Å²) in [6.45, 7) is 0. The molecule has 9 heteroatoms. The number of benzene rings is 2. The number of carbonyl (C=O) groups is 2. The van der Waals surface area contributed by atoms with Gasteiger partial charge in [-0.05, 0) is 42.0 Å². The van der Waals surface area contributed by atoms with Crippen LogP contribution in [0, 0.1) is 10.1 Å². The number of nitrogens with one attached hydrogen (secondary N) is 2. The van der Waals surface area contributed by atoms with Crippen molar-refractivity contribution in [1.29, 1.82) is 0 Å². The fourth-order valence-electron chi connectivity index (χ4n) is 1.76. The van der Waals surface area contributed by atoms with Gasteiger partial charge in [0.05, 0.1) is 18.2 Å². The SMILES string of the molecule is COc1ccc(NC(=O)C(=O)N/N=C\c2ccc([N+](=O)[O-])cc2)cc1. The van der Waals surface area contributed by atoms with Gasteiger partial charge in [-0.1, -0.05) is 0 Å². The second kappa shape index (κ2) is 8.20. The molecule has 25 heavy (non-hydrogen) atoms. The zero-order chi connectivity index (χ0) is 18.2. The van der Waals surface area contributed by atoms with Gasteiger partial charge in [-0.2, -0.15) is 5.10 Å². The van der Waals surface area contributed by atoms with E-state index >= 15 is 0 Å². The van der Waals surface area contributed by atoms with Crippen molar-refractivity contribution < 1.29 is 19.2 Å². The number of methoxy groups -OCH3 is 1. The molecule has 0 radical (unpaired) electrons. The highest BCUT2D eigenvalue weighted by Gasteiger charge is 2.12. The first-order valence-corrected chi connectivity index (χ1v) is 7.02. The number of ether oxygens (including phenoxy) is 1. The molecule has 0 aromatic heterocycles. The molecule has 2 aromatic rings. The van der Waals surface area contributed by atoms with E-state index in [-0.39, 0.29) is 5.69 Å². The summed E-state index contributed by atoms with van der Waals surface area (Å²) in [7, 11) is 1.52. The Morgan fingerprint density at radius 2 is 1.72 bits per heavy atom. The fraction of sp³-hybridized carbons (Fsp3) is 0.0625. The summed E-state index contributed by atoms with van der Waals surface area (Å²) in [5.41, 5.74) is 2.98. The third-order valence-electron chi connectivity index (χ3n) is 3.04. The summed E-state index contributed by atoms with van der Waals surface area (Å²) in [6.07, 6.45) is 1.27. The lowest BCUT2D eigenvalue weighted by molar-refractivity contribution is -0.384. The summed E-state index contributed by atoms with van der Waals surface area (Å²) in [4.78, 5) is 33.4. The average Bonchev–Trinajstić information content (AvgIpc) is 2.62. The molecule has 0 bridgehead atoms. The first-order chi connectivity index (χ1) is 12.0. The van der Waals surface area contributed by atoms with Crippen molar-refractivity contribution in [3.05, 3.63) is 64.2 Å². The maximum absolute atomic E-state index is 11.7. The number of carbonyl (C=O) groups excluding carboxylic acids is 2. The molecule has 0 fully saturated rings. The molecule has 0 atom stereocenters. The van der Waals surface area contributed by atoms with Gasteiger partial charge in [-0.15, -0.1) is 0 Å². The van der Waals surface area contributed by atoms with Crippen LogP contribution in [0.5, 0.6) is 5.75 Å². The van der Waals surface area contributed by atoms with Crippen LogP contribution in [0.3, 0.4) is 0 Å². The fourth-order valence-corrected chi connectivity index (χ4v) is 1.76. The Morgan fingerprint density at radius 3 is 2.28 bits per heavy atom. The standard InChI is InChI=1S/C16H14N4O5/c1-25-14-8-4-12(5-9-14)18-15(21)16(22)19-17-10-11-2-6-13(7-3-11)20(23)24/h2-10H,1H3,(H,18,21)(H,19,22)/b17-10-. The van der Waals surface area contributed by atoms with Crippen molar-refractivity contribution in [2.24, 2.45) is 5.10 Å². The zero-order valence-corrected chi connectivity index (χ0v) is 13.1. The van der Waals surface area contributed by atoms with Crippen LogP contribution in [0.15, 0.2) is 53.6 Å². The van der Waals surface area contributed by atoms with E-state index in [0.29, 0.717) is 17.0 Å². The minimum atomic E-state index is -0.950. The van der Waals surface area contributed by atoms with Crippen molar-refractivity contribution in [1.82, 2.24) is 5.43 Å². The number of hydrogen-bond donors (Lipinski definition) is 2. The largest absolute Gasteiger partial charge is 0.497 e. The predicted molar refractivity (Wildman–Crippen MR) is 90.5 cm³/mol. The quantitative estimate of drug-likeness (QED) is 0.370.